The maximum Gasteiger partial charge on any atom is 0.164 e. The van der Waals surface area contributed by atoms with Crippen molar-refractivity contribution >= 4 is 0 Å². The minimum absolute atomic E-state index is 0.0625. The number of hydrogen-bond acceptors (Lipinski definition) is 5. The Morgan fingerprint density at radius 1 is 0.800 bits per heavy atom. The van der Waals surface area contributed by atoms with E-state index in [-0.39, 0.29) is 17.8 Å². The summed E-state index contributed by atoms with van der Waals surface area (Å²) in [5.74, 6) is 2.93. The monoisotopic (exact) mass is 470 g/mol. The standard InChI is InChI=1S/C18H18O5.2C6H6/c1-3-21-17-8-16-12(7-14(17)19)13-9-22-15-6-10(20-2)4-5-11(15)18(13)23-16;2*1-2-4-6-5-3-1/h4-8,13,18-19H,3,9H2,1-2H3;2*1-6H. The first-order valence-corrected chi connectivity index (χ1v) is 11.7. The van der Waals surface area contributed by atoms with Crippen molar-refractivity contribution in [2.24, 2.45) is 0 Å². The summed E-state index contributed by atoms with van der Waals surface area (Å²) in [5, 5.41) is 10.1. The molecule has 2 aliphatic rings. The molecule has 0 aromatic heterocycles. The number of phenols is 1. The molecule has 2 atom stereocenters. The Hall–Kier alpha value is -4.12. The van der Waals surface area contributed by atoms with Gasteiger partial charge in [0.1, 0.15) is 23.4 Å². The van der Waals surface area contributed by atoms with E-state index in [2.05, 4.69) is 0 Å². The summed E-state index contributed by atoms with van der Waals surface area (Å²) in [4.78, 5) is 0. The second-order valence-electron chi connectivity index (χ2n) is 7.96. The number of aromatic hydroxyl groups is 1. The van der Waals surface area contributed by atoms with Crippen molar-refractivity contribution in [3.05, 3.63) is 114 Å². The Bertz CT molecular complexity index is 1110. The van der Waals surface area contributed by atoms with Crippen molar-refractivity contribution in [1.82, 2.24) is 0 Å². The van der Waals surface area contributed by atoms with Gasteiger partial charge in [0.15, 0.2) is 11.5 Å². The fourth-order valence-corrected chi connectivity index (χ4v) is 4.02. The van der Waals surface area contributed by atoms with Crippen LogP contribution in [0.25, 0.3) is 0 Å². The first kappa shape index (κ1) is 24.0. The molecular weight excluding hydrogens is 440 g/mol. The van der Waals surface area contributed by atoms with Gasteiger partial charge in [-0.05, 0) is 25.1 Å². The van der Waals surface area contributed by atoms with Crippen LogP contribution in [0.2, 0.25) is 0 Å². The van der Waals surface area contributed by atoms with E-state index in [0.29, 0.717) is 19.0 Å². The maximum absolute atomic E-state index is 10.1. The lowest BCUT2D eigenvalue weighted by atomic mass is 9.89. The smallest absolute Gasteiger partial charge is 0.164 e. The van der Waals surface area contributed by atoms with Crippen LogP contribution in [-0.4, -0.2) is 25.4 Å². The number of benzene rings is 4. The summed E-state index contributed by atoms with van der Waals surface area (Å²) in [6.45, 7) is 2.88. The third kappa shape index (κ3) is 5.87. The molecule has 0 amide bonds. The van der Waals surface area contributed by atoms with Gasteiger partial charge in [-0.2, -0.15) is 0 Å². The van der Waals surface area contributed by atoms with Crippen molar-refractivity contribution in [2.75, 3.05) is 20.3 Å². The van der Waals surface area contributed by atoms with E-state index in [9.17, 15) is 5.11 Å². The van der Waals surface area contributed by atoms with E-state index in [1.807, 2.05) is 97.9 Å². The molecule has 0 spiro atoms. The van der Waals surface area contributed by atoms with Crippen molar-refractivity contribution in [3.8, 4) is 28.7 Å². The summed E-state index contributed by atoms with van der Waals surface area (Å²) in [6.07, 6.45) is -0.115. The lowest BCUT2D eigenvalue weighted by molar-refractivity contribution is 0.139. The van der Waals surface area contributed by atoms with Crippen molar-refractivity contribution in [1.29, 1.82) is 0 Å². The number of rotatable bonds is 3. The largest absolute Gasteiger partial charge is 0.504 e. The molecule has 180 valence electrons. The Morgan fingerprint density at radius 3 is 1.94 bits per heavy atom. The molecule has 0 radical (unpaired) electrons. The first-order valence-electron chi connectivity index (χ1n) is 11.7. The van der Waals surface area contributed by atoms with Gasteiger partial charge in [0.2, 0.25) is 0 Å². The van der Waals surface area contributed by atoms with Crippen LogP contribution in [0.3, 0.4) is 0 Å². The van der Waals surface area contributed by atoms with E-state index >= 15 is 0 Å². The second-order valence-corrected chi connectivity index (χ2v) is 7.96. The van der Waals surface area contributed by atoms with Gasteiger partial charge < -0.3 is 24.1 Å². The van der Waals surface area contributed by atoms with Crippen LogP contribution >= 0.6 is 0 Å². The molecule has 1 N–H and O–H groups in total. The Labute approximate surface area is 206 Å². The Balaban J connectivity index is 0.000000196. The highest BCUT2D eigenvalue weighted by atomic mass is 16.5. The zero-order valence-corrected chi connectivity index (χ0v) is 20.0. The van der Waals surface area contributed by atoms with Crippen LogP contribution in [0.4, 0.5) is 0 Å². The van der Waals surface area contributed by atoms with Gasteiger partial charge in [0.05, 0.1) is 26.2 Å². The van der Waals surface area contributed by atoms with Crippen LogP contribution in [0.5, 0.6) is 28.7 Å². The zero-order valence-electron chi connectivity index (χ0n) is 20.0. The Morgan fingerprint density at radius 2 is 1.40 bits per heavy atom. The molecule has 0 bridgehead atoms. The molecule has 5 nitrogen and oxygen atoms in total. The predicted octanol–water partition coefficient (Wildman–Crippen LogP) is 6.78. The molecule has 5 heteroatoms. The zero-order chi connectivity index (χ0) is 24.5. The molecule has 2 heterocycles. The minimum Gasteiger partial charge on any atom is -0.504 e. The number of hydrogen-bond donors (Lipinski definition) is 1. The van der Waals surface area contributed by atoms with E-state index in [1.165, 1.54) is 0 Å². The van der Waals surface area contributed by atoms with Crippen molar-refractivity contribution in [3.63, 3.8) is 0 Å². The van der Waals surface area contributed by atoms with E-state index in [1.54, 1.807) is 19.2 Å². The quantitative estimate of drug-likeness (QED) is 0.358. The van der Waals surface area contributed by atoms with Gasteiger partial charge in [0.25, 0.3) is 0 Å². The first-order chi connectivity index (χ1) is 17.2. The molecular formula is C30H30O5. The number of fused-ring (bicyclic) bond motifs is 5. The van der Waals surface area contributed by atoms with Gasteiger partial charge >= 0.3 is 0 Å². The van der Waals surface area contributed by atoms with Crippen LogP contribution in [-0.2, 0) is 0 Å². The van der Waals surface area contributed by atoms with Gasteiger partial charge in [-0.25, -0.2) is 0 Å². The topological polar surface area (TPSA) is 57.2 Å². The van der Waals surface area contributed by atoms with Gasteiger partial charge in [-0.15, -0.1) is 0 Å². The van der Waals surface area contributed by atoms with Crippen molar-refractivity contribution in [2.45, 2.75) is 18.9 Å². The third-order valence-electron chi connectivity index (χ3n) is 5.69. The molecule has 4 aromatic carbocycles. The summed E-state index contributed by atoms with van der Waals surface area (Å²) >= 11 is 0. The van der Waals surface area contributed by atoms with Crippen LogP contribution in [0, 0.1) is 0 Å². The number of ether oxygens (including phenoxy) is 4. The lowest BCUT2D eigenvalue weighted by Crippen LogP contribution is -2.23. The van der Waals surface area contributed by atoms with E-state index in [4.69, 9.17) is 18.9 Å². The van der Waals surface area contributed by atoms with Gasteiger partial charge in [0, 0.05) is 23.3 Å². The predicted molar refractivity (Wildman–Crippen MR) is 137 cm³/mol. The highest BCUT2D eigenvalue weighted by molar-refractivity contribution is 5.56. The fourth-order valence-electron chi connectivity index (χ4n) is 4.02. The number of methoxy groups -OCH3 is 1. The molecule has 6 rings (SSSR count). The fraction of sp³-hybridized carbons (Fsp3) is 0.200. The van der Waals surface area contributed by atoms with Crippen LogP contribution < -0.4 is 18.9 Å². The average Bonchev–Trinajstić information content (AvgIpc) is 3.29. The Kier molecular flexibility index (Phi) is 8.12. The summed E-state index contributed by atoms with van der Waals surface area (Å²) in [7, 11) is 1.63. The highest BCUT2D eigenvalue weighted by Crippen LogP contribution is 2.53. The van der Waals surface area contributed by atoms with Crippen LogP contribution in [0.1, 0.15) is 30.1 Å². The van der Waals surface area contributed by atoms with Gasteiger partial charge in [-0.1, -0.05) is 72.8 Å². The maximum atomic E-state index is 10.1. The van der Waals surface area contributed by atoms with Crippen LogP contribution in [0.15, 0.2) is 103 Å². The normalized spacial score (nSPS) is 16.3. The molecule has 0 aliphatic carbocycles. The minimum atomic E-state index is -0.115. The van der Waals surface area contributed by atoms with Crippen molar-refractivity contribution < 1.29 is 24.1 Å². The molecule has 4 aromatic rings. The molecule has 35 heavy (non-hydrogen) atoms. The molecule has 2 unspecified atom stereocenters. The second kappa shape index (κ2) is 11.8. The average molecular weight is 471 g/mol. The SMILES string of the molecule is CCOc1cc2c(cc1O)C1COc3cc(OC)ccc3C1O2.c1ccccc1.c1ccccc1. The van der Waals surface area contributed by atoms with E-state index < -0.39 is 0 Å². The summed E-state index contributed by atoms with van der Waals surface area (Å²) < 4.78 is 22.7. The molecule has 0 saturated carbocycles. The lowest BCUT2D eigenvalue weighted by Gasteiger charge is -2.28. The van der Waals surface area contributed by atoms with Gasteiger partial charge in [-0.3, -0.25) is 0 Å². The molecule has 2 aliphatic heterocycles. The number of phenolic OH excluding ortho intramolecular Hbond substituents is 1. The molecule has 0 saturated heterocycles. The summed E-state index contributed by atoms with van der Waals surface area (Å²) in [5.41, 5.74) is 1.95. The highest BCUT2D eigenvalue weighted by Gasteiger charge is 2.41. The third-order valence-corrected chi connectivity index (χ3v) is 5.69. The molecule has 0 fully saturated rings. The van der Waals surface area contributed by atoms with E-state index in [0.717, 1.165) is 28.4 Å². The summed E-state index contributed by atoms with van der Waals surface area (Å²) in [6, 6.07) is 33.2.